The summed E-state index contributed by atoms with van der Waals surface area (Å²) in [5, 5.41) is 10.6. The van der Waals surface area contributed by atoms with E-state index in [-0.39, 0.29) is 5.92 Å². The van der Waals surface area contributed by atoms with Crippen LogP contribution < -0.4 is 4.90 Å². The smallest absolute Gasteiger partial charge is 0.358 e. The zero-order valence-electron chi connectivity index (χ0n) is 13.8. The molecule has 1 atom stereocenters. The van der Waals surface area contributed by atoms with Gasteiger partial charge in [-0.05, 0) is 36.5 Å². The molecule has 1 aromatic carbocycles. The number of carbonyl (C=O) groups is 1. The first-order valence-electron chi connectivity index (χ1n) is 8.22. The number of methoxy groups -OCH3 is 1. The van der Waals surface area contributed by atoms with Gasteiger partial charge in [0.15, 0.2) is 5.69 Å². The van der Waals surface area contributed by atoms with Crippen molar-refractivity contribution in [2.24, 2.45) is 5.92 Å². The molecule has 0 unspecified atom stereocenters. The minimum absolute atomic E-state index is 0.224. The molecule has 1 fully saturated rings. The summed E-state index contributed by atoms with van der Waals surface area (Å²) >= 11 is 0. The van der Waals surface area contributed by atoms with Crippen LogP contribution in [-0.2, 0) is 4.74 Å². The summed E-state index contributed by atoms with van der Waals surface area (Å²) in [7, 11) is 1.36. The Morgan fingerprint density at radius 3 is 2.58 bits per heavy atom. The third kappa shape index (κ3) is 3.41. The highest BCUT2D eigenvalue weighted by molar-refractivity contribution is 5.93. The molecule has 5 heteroatoms. The normalized spacial score (nSPS) is 16.7. The van der Waals surface area contributed by atoms with E-state index >= 15 is 0 Å². The molecule has 126 valence electrons. The molecule has 5 nitrogen and oxygen atoms in total. The Morgan fingerprint density at radius 2 is 1.92 bits per heavy atom. The van der Waals surface area contributed by atoms with Crippen LogP contribution in [0.4, 0.5) is 5.69 Å². The van der Waals surface area contributed by atoms with Crippen molar-refractivity contribution in [3.8, 4) is 0 Å². The number of hydrogen-bond acceptors (Lipinski definition) is 5. The second kappa shape index (κ2) is 7.45. The molecule has 3 rings (SSSR count). The highest BCUT2D eigenvalue weighted by atomic mass is 16.5. The Morgan fingerprint density at radius 1 is 1.21 bits per heavy atom. The number of ether oxygens (including phenoxy) is 1. The van der Waals surface area contributed by atoms with Crippen LogP contribution in [0.1, 0.15) is 35.0 Å². The first kappa shape index (κ1) is 16.5. The number of aliphatic hydroxyl groups is 1. The standard InChI is InChI=1S/C19H22N2O3/c1-24-19(23)17-16(8-5-11-20-17)21-12-9-15(10-13-21)18(22)14-6-3-2-4-7-14/h2-8,11,15,18,22H,9-10,12-13H2,1H3/t18-/m1/s1. The Labute approximate surface area is 141 Å². The molecule has 0 saturated carbocycles. The average molecular weight is 326 g/mol. The van der Waals surface area contributed by atoms with E-state index < -0.39 is 12.1 Å². The van der Waals surface area contributed by atoms with E-state index in [0.29, 0.717) is 5.69 Å². The minimum atomic E-state index is -0.442. The lowest BCUT2D eigenvalue weighted by Gasteiger charge is -2.36. The fraction of sp³-hybridized carbons (Fsp3) is 0.368. The highest BCUT2D eigenvalue weighted by Crippen LogP contribution is 2.33. The Balaban J connectivity index is 1.69. The van der Waals surface area contributed by atoms with Crippen molar-refractivity contribution >= 4 is 11.7 Å². The van der Waals surface area contributed by atoms with Gasteiger partial charge in [0.2, 0.25) is 0 Å². The molecule has 1 aromatic heterocycles. The van der Waals surface area contributed by atoms with Gasteiger partial charge in [-0.3, -0.25) is 0 Å². The summed E-state index contributed by atoms with van der Waals surface area (Å²) in [6, 6.07) is 13.5. The highest BCUT2D eigenvalue weighted by Gasteiger charge is 2.28. The summed E-state index contributed by atoms with van der Waals surface area (Å²) in [4.78, 5) is 18.2. The molecule has 0 amide bonds. The van der Waals surface area contributed by atoms with Crippen molar-refractivity contribution in [2.45, 2.75) is 18.9 Å². The lowest BCUT2D eigenvalue weighted by atomic mass is 9.87. The summed E-state index contributed by atoms with van der Waals surface area (Å²) in [6.07, 6.45) is 2.89. The summed E-state index contributed by atoms with van der Waals surface area (Å²) in [5.41, 5.74) is 2.12. The first-order chi connectivity index (χ1) is 11.7. The molecule has 1 aliphatic heterocycles. The van der Waals surface area contributed by atoms with E-state index in [1.807, 2.05) is 42.5 Å². The zero-order chi connectivity index (χ0) is 16.9. The average Bonchev–Trinajstić information content (AvgIpc) is 2.67. The van der Waals surface area contributed by atoms with Gasteiger partial charge in [-0.1, -0.05) is 30.3 Å². The molecule has 0 bridgehead atoms. The van der Waals surface area contributed by atoms with Crippen molar-refractivity contribution in [3.05, 3.63) is 59.9 Å². The van der Waals surface area contributed by atoms with Crippen LogP contribution in [-0.4, -0.2) is 36.3 Å². The van der Waals surface area contributed by atoms with Crippen LogP contribution in [0.5, 0.6) is 0 Å². The quantitative estimate of drug-likeness (QED) is 0.876. The first-order valence-corrected chi connectivity index (χ1v) is 8.22. The fourth-order valence-corrected chi connectivity index (χ4v) is 3.28. The van der Waals surface area contributed by atoms with Crippen molar-refractivity contribution in [3.63, 3.8) is 0 Å². The molecule has 0 radical (unpaired) electrons. The van der Waals surface area contributed by atoms with Crippen LogP contribution in [0.3, 0.4) is 0 Å². The van der Waals surface area contributed by atoms with Crippen molar-refractivity contribution in [1.29, 1.82) is 0 Å². The van der Waals surface area contributed by atoms with Gasteiger partial charge in [0, 0.05) is 19.3 Å². The van der Waals surface area contributed by atoms with Crippen LogP contribution >= 0.6 is 0 Å². The van der Waals surface area contributed by atoms with Crippen molar-refractivity contribution < 1.29 is 14.6 Å². The minimum Gasteiger partial charge on any atom is -0.464 e. The molecule has 1 saturated heterocycles. The van der Waals surface area contributed by atoms with Gasteiger partial charge < -0.3 is 14.7 Å². The number of aromatic nitrogens is 1. The number of benzene rings is 1. The number of hydrogen-bond donors (Lipinski definition) is 1. The number of carbonyl (C=O) groups excluding carboxylic acids is 1. The molecule has 2 heterocycles. The second-order valence-electron chi connectivity index (χ2n) is 6.04. The largest absolute Gasteiger partial charge is 0.464 e. The monoisotopic (exact) mass is 326 g/mol. The van der Waals surface area contributed by atoms with E-state index in [1.54, 1.807) is 6.20 Å². The lowest BCUT2D eigenvalue weighted by molar-refractivity contribution is 0.0594. The van der Waals surface area contributed by atoms with Gasteiger partial charge in [-0.2, -0.15) is 0 Å². The van der Waals surface area contributed by atoms with Gasteiger partial charge >= 0.3 is 5.97 Å². The summed E-state index contributed by atoms with van der Waals surface area (Å²) in [6.45, 7) is 1.56. The maximum Gasteiger partial charge on any atom is 0.358 e. The van der Waals surface area contributed by atoms with Gasteiger partial charge in [0.25, 0.3) is 0 Å². The second-order valence-corrected chi connectivity index (χ2v) is 6.04. The molecular weight excluding hydrogens is 304 g/mol. The Hall–Kier alpha value is -2.40. The maximum absolute atomic E-state index is 11.9. The van der Waals surface area contributed by atoms with E-state index in [1.165, 1.54) is 7.11 Å². The molecular formula is C19H22N2O3. The van der Waals surface area contributed by atoms with Crippen LogP contribution in [0.15, 0.2) is 48.7 Å². The molecule has 0 aliphatic carbocycles. The van der Waals surface area contributed by atoms with Gasteiger partial charge in [-0.25, -0.2) is 9.78 Å². The number of rotatable bonds is 4. The third-order valence-corrected chi connectivity index (χ3v) is 4.63. The Kier molecular flexibility index (Phi) is 5.11. The number of anilines is 1. The Bertz CT molecular complexity index is 682. The number of piperidine rings is 1. The molecule has 2 aromatic rings. The predicted molar refractivity (Wildman–Crippen MR) is 91.9 cm³/mol. The predicted octanol–water partition coefficient (Wildman–Crippen LogP) is 2.82. The molecule has 0 spiro atoms. The maximum atomic E-state index is 11.9. The zero-order valence-corrected chi connectivity index (χ0v) is 13.8. The SMILES string of the molecule is COC(=O)c1ncccc1N1CCC([C@H](O)c2ccccc2)CC1. The van der Waals surface area contributed by atoms with E-state index in [0.717, 1.165) is 37.2 Å². The van der Waals surface area contributed by atoms with Crippen molar-refractivity contribution in [2.75, 3.05) is 25.1 Å². The van der Waals surface area contributed by atoms with E-state index in [4.69, 9.17) is 4.74 Å². The van der Waals surface area contributed by atoms with Gasteiger partial charge in [-0.15, -0.1) is 0 Å². The lowest BCUT2D eigenvalue weighted by Crippen LogP contribution is -2.36. The van der Waals surface area contributed by atoms with E-state index in [9.17, 15) is 9.90 Å². The fourth-order valence-electron chi connectivity index (χ4n) is 3.28. The van der Waals surface area contributed by atoms with E-state index in [2.05, 4.69) is 9.88 Å². The molecule has 1 N–H and O–H groups in total. The number of pyridine rings is 1. The van der Waals surface area contributed by atoms with Crippen molar-refractivity contribution in [1.82, 2.24) is 4.98 Å². The van der Waals surface area contributed by atoms with Gasteiger partial charge in [0.1, 0.15) is 0 Å². The summed E-state index contributed by atoms with van der Waals surface area (Å²) in [5.74, 6) is -0.195. The van der Waals surface area contributed by atoms with Gasteiger partial charge in [0.05, 0.1) is 18.9 Å². The van der Waals surface area contributed by atoms with Crippen LogP contribution in [0.25, 0.3) is 0 Å². The third-order valence-electron chi connectivity index (χ3n) is 4.63. The number of nitrogens with zero attached hydrogens (tertiary/aromatic N) is 2. The molecule has 1 aliphatic rings. The summed E-state index contributed by atoms with van der Waals surface area (Å²) < 4.78 is 4.82. The number of esters is 1. The van der Waals surface area contributed by atoms with Crippen LogP contribution in [0.2, 0.25) is 0 Å². The number of aliphatic hydroxyl groups excluding tert-OH is 1. The van der Waals surface area contributed by atoms with Crippen LogP contribution in [0, 0.1) is 5.92 Å². The topological polar surface area (TPSA) is 62.7 Å². The molecule has 24 heavy (non-hydrogen) atoms.